The Bertz CT molecular complexity index is 824. The molecular weight excluding hydrogens is 370 g/mol. The molecule has 1 aromatic heterocycles. The van der Waals surface area contributed by atoms with Crippen molar-refractivity contribution in [3.05, 3.63) is 34.4 Å². The lowest BCUT2D eigenvalue weighted by Crippen LogP contribution is -2.19. The number of aliphatic hydroxyl groups is 1. The van der Waals surface area contributed by atoms with E-state index in [9.17, 15) is 9.90 Å². The molecule has 2 aromatic rings. The lowest BCUT2D eigenvalue weighted by molar-refractivity contribution is 0.192. The van der Waals surface area contributed by atoms with Crippen molar-refractivity contribution in [2.24, 2.45) is 5.92 Å². The highest BCUT2D eigenvalue weighted by Crippen LogP contribution is 2.33. The van der Waals surface area contributed by atoms with Crippen molar-refractivity contribution in [3.63, 3.8) is 0 Å². The summed E-state index contributed by atoms with van der Waals surface area (Å²) >= 11 is 1.88. The fraction of sp³-hybridized carbons (Fsp3) is 0.636. The number of H-pyrrole nitrogens is 1. The molecule has 1 heterocycles. The fourth-order valence-electron chi connectivity index (χ4n) is 4.33. The fourth-order valence-corrected chi connectivity index (χ4v) is 5.47. The van der Waals surface area contributed by atoms with Crippen molar-refractivity contribution >= 4 is 28.4 Å². The average molecular weight is 404 g/mol. The second-order valence-electron chi connectivity index (χ2n) is 8.01. The summed E-state index contributed by atoms with van der Waals surface area (Å²) in [7, 11) is 0. The third kappa shape index (κ3) is 5.09. The van der Waals surface area contributed by atoms with Crippen molar-refractivity contribution in [2.45, 2.75) is 75.8 Å². The summed E-state index contributed by atoms with van der Waals surface area (Å²) in [4.78, 5) is 20.1. The largest absolute Gasteiger partial charge is 0.396 e. The molecule has 3 N–H and O–H groups in total. The van der Waals surface area contributed by atoms with Gasteiger partial charge in [0.15, 0.2) is 0 Å². The first-order valence-corrected chi connectivity index (χ1v) is 11.3. The van der Waals surface area contributed by atoms with Crippen molar-refractivity contribution in [3.8, 4) is 0 Å². The minimum Gasteiger partial charge on any atom is -0.396 e. The molecule has 0 spiro atoms. The Hall–Kier alpha value is -1.53. The van der Waals surface area contributed by atoms with Crippen LogP contribution in [0.3, 0.4) is 0 Å². The van der Waals surface area contributed by atoms with Gasteiger partial charge in [0.05, 0.1) is 16.7 Å². The topological polar surface area (TPSA) is 78.0 Å². The third-order valence-electron chi connectivity index (χ3n) is 5.99. The van der Waals surface area contributed by atoms with Gasteiger partial charge in [-0.1, -0.05) is 20.3 Å². The molecule has 0 unspecified atom stereocenters. The number of fused-ring (bicyclic) bond motifs is 1. The first-order chi connectivity index (χ1) is 13.2. The van der Waals surface area contributed by atoms with E-state index in [4.69, 9.17) is 4.98 Å². The van der Waals surface area contributed by atoms with E-state index in [1.807, 2.05) is 30.0 Å². The van der Waals surface area contributed by atoms with Crippen LogP contribution in [0.5, 0.6) is 0 Å². The molecule has 4 rings (SSSR count). The van der Waals surface area contributed by atoms with Crippen molar-refractivity contribution < 1.29 is 5.11 Å². The van der Waals surface area contributed by atoms with Crippen LogP contribution < -0.4 is 10.9 Å². The first-order valence-electron chi connectivity index (χ1n) is 10.2. The van der Waals surface area contributed by atoms with Gasteiger partial charge in [-0.25, -0.2) is 4.98 Å². The van der Waals surface area contributed by atoms with Crippen molar-refractivity contribution in [2.75, 3.05) is 11.9 Å². The summed E-state index contributed by atoms with van der Waals surface area (Å²) in [6, 6.07) is 6.44. The molecule has 0 saturated heterocycles. The summed E-state index contributed by atoms with van der Waals surface area (Å²) in [5, 5.41) is 14.1. The Morgan fingerprint density at radius 1 is 1.14 bits per heavy atom. The Kier molecular flexibility index (Phi) is 7.41. The zero-order chi connectivity index (χ0) is 18.6. The lowest BCUT2D eigenvalue weighted by Gasteiger charge is -2.26. The molecule has 0 bridgehead atoms. The highest BCUT2D eigenvalue weighted by atomic mass is 32.2. The van der Waals surface area contributed by atoms with Crippen LogP contribution in [-0.4, -0.2) is 33.0 Å². The predicted octanol–water partition coefficient (Wildman–Crippen LogP) is 4.70. The maximum absolute atomic E-state index is 12.4. The molecule has 1 aromatic carbocycles. The number of benzene rings is 1. The van der Waals surface area contributed by atoms with Crippen LogP contribution in [0.15, 0.2) is 23.0 Å². The van der Waals surface area contributed by atoms with E-state index in [1.54, 1.807) is 0 Å². The summed E-state index contributed by atoms with van der Waals surface area (Å²) in [6.07, 6.45) is 9.53. The maximum atomic E-state index is 12.4. The number of aromatic nitrogens is 2. The monoisotopic (exact) mass is 403 g/mol. The van der Waals surface area contributed by atoms with Gasteiger partial charge in [0.1, 0.15) is 5.82 Å². The second kappa shape index (κ2) is 9.79. The van der Waals surface area contributed by atoms with E-state index >= 15 is 0 Å². The van der Waals surface area contributed by atoms with Gasteiger partial charge in [-0.2, -0.15) is 11.8 Å². The lowest BCUT2D eigenvalue weighted by atomic mass is 9.90. The predicted molar refractivity (Wildman–Crippen MR) is 119 cm³/mol. The number of rotatable bonds is 6. The van der Waals surface area contributed by atoms with Gasteiger partial charge >= 0.3 is 0 Å². The van der Waals surface area contributed by atoms with Crippen molar-refractivity contribution in [1.29, 1.82) is 0 Å². The molecule has 0 amide bonds. The van der Waals surface area contributed by atoms with Gasteiger partial charge in [-0.15, -0.1) is 0 Å². The molecule has 0 aliphatic heterocycles. The van der Waals surface area contributed by atoms with Gasteiger partial charge in [0.2, 0.25) is 0 Å². The zero-order valence-electron chi connectivity index (χ0n) is 15.7. The van der Waals surface area contributed by atoms with E-state index in [1.165, 1.54) is 25.7 Å². The molecular formula is C22H33N3O2S. The average Bonchev–Trinajstić information content (AvgIpc) is 3.19. The van der Waals surface area contributed by atoms with Gasteiger partial charge in [-0.05, 0) is 62.6 Å². The SMILES string of the molecule is C.O=c1[nH]c(CSC2CCC(CO)CC2)nc2cc(NC3CCCC3)ccc12. The smallest absolute Gasteiger partial charge is 0.258 e. The molecule has 0 atom stereocenters. The molecule has 5 nitrogen and oxygen atoms in total. The van der Waals surface area contributed by atoms with Gasteiger partial charge < -0.3 is 15.4 Å². The molecule has 2 aliphatic carbocycles. The standard InChI is InChI=1S/C21H29N3O2S.CH4/c25-12-14-5-8-17(9-6-14)27-13-20-23-19-11-16(22-15-3-1-2-4-15)7-10-18(19)21(26)24-20;/h7,10-11,14-15,17,22,25H,1-6,8-9,12-13H2,(H,23,24,26);1H4. The van der Waals surface area contributed by atoms with Gasteiger partial charge in [0.25, 0.3) is 5.56 Å². The quantitative estimate of drug-likeness (QED) is 0.652. The molecule has 6 heteroatoms. The number of nitrogens with zero attached hydrogens (tertiary/aromatic N) is 1. The summed E-state index contributed by atoms with van der Waals surface area (Å²) in [6.45, 7) is 0.314. The molecule has 2 aliphatic rings. The van der Waals surface area contributed by atoms with Crippen LogP contribution in [0.25, 0.3) is 10.9 Å². The van der Waals surface area contributed by atoms with E-state index in [0.717, 1.165) is 48.5 Å². The Morgan fingerprint density at radius 2 is 1.89 bits per heavy atom. The molecule has 0 radical (unpaired) electrons. The Morgan fingerprint density at radius 3 is 2.61 bits per heavy atom. The second-order valence-corrected chi connectivity index (χ2v) is 9.30. The van der Waals surface area contributed by atoms with Crippen LogP contribution in [-0.2, 0) is 5.75 Å². The number of hydrogen-bond donors (Lipinski definition) is 3. The van der Waals surface area contributed by atoms with Crippen LogP contribution in [0, 0.1) is 5.92 Å². The van der Waals surface area contributed by atoms with E-state index in [2.05, 4.69) is 10.3 Å². The summed E-state index contributed by atoms with van der Waals surface area (Å²) in [5.74, 6) is 1.98. The van der Waals surface area contributed by atoms with Gasteiger partial charge in [-0.3, -0.25) is 4.79 Å². The number of hydrogen-bond acceptors (Lipinski definition) is 5. The summed E-state index contributed by atoms with van der Waals surface area (Å²) in [5.41, 5.74) is 1.79. The summed E-state index contributed by atoms with van der Waals surface area (Å²) < 4.78 is 0. The van der Waals surface area contributed by atoms with Crippen LogP contribution in [0.2, 0.25) is 0 Å². The number of anilines is 1. The van der Waals surface area contributed by atoms with Crippen LogP contribution in [0.4, 0.5) is 5.69 Å². The van der Waals surface area contributed by atoms with E-state index in [-0.39, 0.29) is 13.0 Å². The molecule has 28 heavy (non-hydrogen) atoms. The van der Waals surface area contributed by atoms with Crippen molar-refractivity contribution in [1.82, 2.24) is 9.97 Å². The van der Waals surface area contributed by atoms with E-state index < -0.39 is 0 Å². The van der Waals surface area contributed by atoms with E-state index in [0.29, 0.717) is 29.2 Å². The third-order valence-corrected chi connectivity index (χ3v) is 7.37. The van der Waals surface area contributed by atoms with Gasteiger partial charge in [0, 0.05) is 23.6 Å². The number of thioether (sulfide) groups is 1. The Balaban J connectivity index is 0.00000225. The van der Waals surface area contributed by atoms with Crippen LogP contribution in [0.1, 0.15) is 64.6 Å². The van der Waals surface area contributed by atoms with Crippen LogP contribution >= 0.6 is 11.8 Å². The first kappa shape index (κ1) is 21.2. The number of aromatic amines is 1. The molecule has 154 valence electrons. The minimum atomic E-state index is -0.0491. The number of aliphatic hydroxyl groups excluding tert-OH is 1. The highest BCUT2D eigenvalue weighted by molar-refractivity contribution is 7.99. The number of nitrogens with one attached hydrogen (secondary N) is 2. The molecule has 2 fully saturated rings. The Labute approximate surface area is 171 Å². The minimum absolute atomic E-state index is 0. The maximum Gasteiger partial charge on any atom is 0.258 e. The molecule has 2 saturated carbocycles. The normalized spacial score (nSPS) is 22.9. The highest BCUT2D eigenvalue weighted by Gasteiger charge is 2.21. The zero-order valence-corrected chi connectivity index (χ0v) is 16.6.